The Kier molecular flexibility index (Phi) is 9.37. The summed E-state index contributed by atoms with van der Waals surface area (Å²) in [6.07, 6.45) is 1.16. The fraction of sp³-hybridized carbons (Fsp3) is 0.355. The third kappa shape index (κ3) is 6.59. The molecule has 1 aliphatic heterocycles. The molecule has 40 heavy (non-hydrogen) atoms. The van der Waals surface area contributed by atoms with Gasteiger partial charge in [0.2, 0.25) is 0 Å². The van der Waals surface area contributed by atoms with E-state index in [-0.39, 0.29) is 24.2 Å². The number of esters is 2. The van der Waals surface area contributed by atoms with Gasteiger partial charge in [-0.15, -0.1) is 0 Å². The van der Waals surface area contributed by atoms with Gasteiger partial charge in [-0.05, 0) is 65.9 Å². The molecule has 0 bridgehead atoms. The molecule has 0 radical (unpaired) electrons. The highest BCUT2D eigenvalue weighted by atomic mass is 16.6. The first-order valence-electron chi connectivity index (χ1n) is 12.8. The van der Waals surface area contributed by atoms with Crippen LogP contribution in [0.15, 0.2) is 54.6 Å². The minimum absolute atomic E-state index is 0.00408. The maximum Gasteiger partial charge on any atom is 0.315 e. The van der Waals surface area contributed by atoms with Gasteiger partial charge >= 0.3 is 11.9 Å². The van der Waals surface area contributed by atoms with Gasteiger partial charge in [-0.2, -0.15) is 0 Å². The van der Waals surface area contributed by atoms with E-state index in [0.717, 1.165) is 16.7 Å². The summed E-state index contributed by atoms with van der Waals surface area (Å²) in [4.78, 5) is 25.3. The number of carbonyl (C=O) groups excluding carboxylic acids is 2. The SMILES string of the molecule is COc1ccc(CC(=O)Oc2ccc(C[C@H]3C(=O)OC[C@@H]3Cc3ccc(OC)c(OC)c3)cc2OC)cc1OC. The standard InChI is InChI=1S/C31H34O9/c1-34-24-9-6-19(14-27(24)36-3)12-22-18-39-31(33)23(22)13-20-8-11-26(29(15-20)38-5)40-30(32)17-21-7-10-25(35-2)28(16-21)37-4/h6-11,14-16,22-23H,12-13,17-18H2,1-5H3/t22-,23+/m0/s1. The molecule has 3 aromatic rings. The molecule has 0 aromatic heterocycles. The number of ether oxygens (including phenoxy) is 7. The number of benzene rings is 3. The zero-order valence-corrected chi connectivity index (χ0v) is 23.4. The zero-order chi connectivity index (χ0) is 28.6. The summed E-state index contributed by atoms with van der Waals surface area (Å²) >= 11 is 0. The van der Waals surface area contributed by atoms with Crippen molar-refractivity contribution in [1.82, 2.24) is 0 Å². The predicted octanol–water partition coefficient (Wildman–Crippen LogP) is 4.45. The molecule has 0 amide bonds. The molecule has 4 rings (SSSR count). The molecule has 1 saturated heterocycles. The van der Waals surface area contributed by atoms with Crippen molar-refractivity contribution in [1.29, 1.82) is 0 Å². The van der Waals surface area contributed by atoms with Crippen molar-refractivity contribution in [2.75, 3.05) is 42.2 Å². The van der Waals surface area contributed by atoms with Crippen molar-refractivity contribution in [2.45, 2.75) is 19.3 Å². The van der Waals surface area contributed by atoms with Crippen LogP contribution < -0.4 is 28.4 Å². The van der Waals surface area contributed by atoms with Gasteiger partial charge in [-0.25, -0.2) is 0 Å². The van der Waals surface area contributed by atoms with E-state index in [1.165, 1.54) is 14.2 Å². The number of rotatable bonds is 12. The fourth-order valence-electron chi connectivity index (χ4n) is 4.86. The maximum absolute atomic E-state index is 12.7. The Balaban J connectivity index is 1.43. The summed E-state index contributed by atoms with van der Waals surface area (Å²) in [5.41, 5.74) is 2.62. The van der Waals surface area contributed by atoms with E-state index in [1.807, 2.05) is 24.3 Å². The molecular weight excluding hydrogens is 516 g/mol. The van der Waals surface area contributed by atoms with Gasteiger partial charge in [0.05, 0.1) is 54.5 Å². The molecule has 0 N–H and O–H groups in total. The second kappa shape index (κ2) is 13.1. The van der Waals surface area contributed by atoms with E-state index < -0.39 is 5.97 Å². The van der Waals surface area contributed by atoms with Crippen molar-refractivity contribution in [2.24, 2.45) is 11.8 Å². The number of hydrogen-bond acceptors (Lipinski definition) is 9. The second-order valence-corrected chi connectivity index (χ2v) is 9.42. The normalized spacial score (nSPS) is 16.2. The first kappa shape index (κ1) is 28.6. The lowest BCUT2D eigenvalue weighted by Crippen LogP contribution is -2.20. The maximum atomic E-state index is 12.7. The lowest BCUT2D eigenvalue weighted by molar-refractivity contribution is -0.141. The van der Waals surface area contributed by atoms with Crippen molar-refractivity contribution >= 4 is 11.9 Å². The van der Waals surface area contributed by atoms with Gasteiger partial charge in [-0.1, -0.05) is 18.2 Å². The third-order valence-corrected chi connectivity index (χ3v) is 6.96. The predicted molar refractivity (Wildman–Crippen MR) is 147 cm³/mol. The highest BCUT2D eigenvalue weighted by Gasteiger charge is 2.37. The van der Waals surface area contributed by atoms with Crippen molar-refractivity contribution < 1.29 is 42.7 Å². The van der Waals surface area contributed by atoms with Gasteiger partial charge in [0.15, 0.2) is 34.5 Å². The second-order valence-electron chi connectivity index (χ2n) is 9.42. The summed E-state index contributed by atoms with van der Waals surface area (Å²) in [6.45, 7) is 0.348. The Bertz CT molecular complexity index is 1350. The summed E-state index contributed by atoms with van der Waals surface area (Å²) in [7, 11) is 7.79. The summed E-state index contributed by atoms with van der Waals surface area (Å²) in [5, 5.41) is 0. The van der Waals surface area contributed by atoms with Gasteiger partial charge in [0.25, 0.3) is 0 Å². The highest BCUT2D eigenvalue weighted by molar-refractivity contribution is 5.77. The van der Waals surface area contributed by atoms with Crippen LogP contribution >= 0.6 is 0 Å². The summed E-state index contributed by atoms with van der Waals surface area (Å²) in [5.74, 6) is 2.10. The van der Waals surface area contributed by atoms with Crippen LogP contribution in [0.5, 0.6) is 34.5 Å². The summed E-state index contributed by atoms with van der Waals surface area (Å²) < 4.78 is 37.8. The zero-order valence-electron chi connectivity index (χ0n) is 23.4. The minimum atomic E-state index is -0.451. The quantitative estimate of drug-likeness (QED) is 0.239. The molecule has 9 heteroatoms. The monoisotopic (exact) mass is 550 g/mol. The van der Waals surface area contributed by atoms with Gasteiger partial charge in [0.1, 0.15) is 0 Å². The largest absolute Gasteiger partial charge is 0.493 e. The molecular formula is C31H34O9. The average Bonchev–Trinajstić information content (AvgIpc) is 3.31. The third-order valence-electron chi connectivity index (χ3n) is 6.96. The smallest absolute Gasteiger partial charge is 0.315 e. The molecule has 212 valence electrons. The Morgan fingerprint density at radius 3 is 1.73 bits per heavy atom. The van der Waals surface area contributed by atoms with Crippen molar-refractivity contribution in [3.63, 3.8) is 0 Å². The molecule has 1 heterocycles. The van der Waals surface area contributed by atoms with Crippen LogP contribution in [-0.2, 0) is 33.6 Å². The first-order valence-corrected chi connectivity index (χ1v) is 12.8. The average molecular weight is 551 g/mol. The van der Waals surface area contributed by atoms with E-state index in [1.54, 1.807) is 51.7 Å². The number of carbonyl (C=O) groups is 2. The number of cyclic esters (lactones) is 1. The Morgan fingerprint density at radius 2 is 1.15 bits per heavy atom. The molecule has 2 atom stereocenters. The van der Waals surface area contributed by atoms with Gasteiger partial charge in [-0.3, -0.25) is 9.59 Å². The van der Waals surface area contributed by atoms with Gasteiger partial charge in [0, 0.05) is 5.92 Å². The van der Waals surface area contributed by atoms with Crippen LogP contribution in [0.3, 0.4) is 0 Å². The van der Waals surface area contributed by atoms with Crippen LogP contribution in [0.25, 0.3) is 0 Å². The van der Waals surface area contributed by atoms with Crippen LogP contribution in [0.4, 0.5) is 0 Å². The van der Waals surface area contributed by atoms with E-state index in [0.29, 0.717) is 53.9 Å². The van der Waals surface area contributed by atoms with Gasteiger partial charge < -0.3 is 33.2 Å². The van der Waals surface area contributed by atoms with E-state index in [2.05, 4.69) is 0 Å². The first-order chi connectivity index (χ1) is 19.4. The molecule has 0 saturated carbocycles. The molecule has 1 aliphatic rings. The Morgan fingerprint density at radius 1 is 0.675 bits per heavy atom. The molecule has 1 fully saturated rings. The van der Waals surface area contributed by atoms with Crippen molar-refractivity contribution in [3.05, 3.63) is 71.3 Å². The lowest BCUT2D eigenvalue weighted by atomic mass is 9.85. The van der Waals surface area contributed by atoms with E-state index in [4.69, 9.17) is 33.2 Å². The van der Waals surface area contributed by atoms with Crippen LogP contribution in [0.2, 0.25) is 0 Å². The number of hydrogen-bond donors (Lipinski definition) is 0. The van der Waals surface area contributed by atoms with Crippen LogP contribution in [0.1, 0.15) is 16.7 Å². The molecule has 3 aromatic carbocycles. The summed E-state index contributed by atoms with van der Waals surface area (Å²) in [6, 6.07) is 16.3. The Hall–Kier alpha value is -4.40. The Labute approximate surface area is 233 Å². The van der Waals surface area contributed by atoms with Crippen molar-refractivity contribution in [3.8, 4) is 34.5 Å². The highest BCUT2D eigenvalue weighted by Crippen LogP contribution is 2.35. The minimum Gasteiger partial charge on any atom is -0.493 e. The van der Waals surface area contributed by atoms with E-state index in [9.17, 15) is 9.59 Å². The molecule has 0 spiro atoms. The topological polar surface area (TPSA) is 98.8 Å². The number of methoxy groups -OCH3 is 5. The molecule has 0 aliphatic carbocycles. The lowest BCUT2D eigenvalue weighted by Gasteiger charge is -2.17. The molecule has 9 nitrogen and oxygen atoms in total. The van der Waals surface area contributed by atoms with Crippen LogP contribution in [-0.4, -0.2) is 54.1 Å². The fourth-order valence-corrected chi connectivity index (χ4v) is 4.86. The van der Waals surface area contributed by atoms with E-state index >= 15 is 0 Å². The molecule has 0 unspecified atom stereocenters. The van der Waals surface area contributed by atoms with Crippen LogP contribution in [0, 0.1) is 11.8 Å².